The van der Waals surface area contributed by atoms with Gasteiger partial charge in [0.1, 0.15) is 17.9 Å². The number of pyridine rings is 1. The molecule has 1 aliphatic rings. The van der Waals surface area contributed by atoms with Gasteiger partial charge < -0.3 is 35.3 Å². The number of nitrogens with one attached hydrogen (secondary N) is 4. The molecule has 5 amide bonds. The number of aryl methyl sites for hydroxylation is 1. The Hall–Kier alpha value is -5.02. The van der Waals surface area contributed by atoms with Crippen molar-refractivity contribution >= 4 is 23.9 Å². The van der Waals surface area contributed by atoms with Gasteiger partial charge in [-0.2, -0.15) is 0 Å². The number of alkyl carbamates (subject to hydrolysis) is 1. The van der Waals surface area contributed by atoms with Gasteiger partial charge in [-0.25, -0.2) is 19.6 Å². The highest BCUT2D eigenvalue weighted by Gasteiger charge is 2.41. The van der Waals surface area contributed by atoms with Crippen molar-refractivity contribution in [2.45, 2.75) is 91.7 Å². The number of aromatic amines is 1. The van der Waals surface area contributed by atoms with E-state index >= 15 is 0 Å². The number of carbonyl (C=O) groups excluding carboxylic acids is 4. The number of aliphatic hydroxyl groups excluding tert-OH is 1. The third kappa shape index (κ3) is 11.5. The zero-order valence-corrected chi connectivity index (χ0v) is 31.8. The van der Waals surface area contributed by atoms with Gasteiger partial charge in [-0.15, -0.1) is 0 Å². The molecule has 0 spiro atoms. The second-order valence-corrected chi connectivity index (χ2v) is 14.7. The summed E-state index contributed by atoms with van der Waals surface area (Å²) in [5.74, 6) is -0.568. The van der Waals surface area contributed by atoms with Crippen LogP contribution in [0.25, 0.3) is 0 Å². The smallest absolute Gasteiger partial charge is 0.407 e. The van der Waals surface area contributed by atoms with Gasteiger partial charge in [-0.1, -0.05) is 77.4 Å². The molecule has 5 unspecified atom stereocenters. The lowest BCUT2D eigenvalue weighted by Crippen LogP contribution is -2.60. The average molecular weight is 734 g/mol. The molecule has 1 saturated heterocycles. The maximum Gasteiger partial charge on any atom is 0.407 e. The lowest BCUT2D eigenvalue weighted by molar-refractivity contribution is -0.133. The minimum absolute atomic E-state index is 0.0836. The van der Waals surface area contributed by atoms with Crippen molar-refractivity contribution in [1.29, 1.82) is 0 Å². The minimum Gasteiger partial charge on any atom is -0.453 e. The molecule has 5 atom stereocenters. The van der Waals surface area contributed by atoms with E-state index in [0.717, 1.165) is 17.0 Å². The van der Waals surface area contributed by atoms with E-state index in [2.05, 4.69) is 31.0 Å². The molecular formula is C38H55N9O6. The normalized spacial score (nSPS) is 16.1. The first-order valence-electron chi connectivity index (χ1n) is 18.1. The highest BCUT2D eigenvalue weighted by Crippen LogP contribution is 2.23. The van der Waals surface area contributed by atoms with E-state index in [1.54, 1.807) is 22.2 Å². The van der Waals surface area contributed by atoms with Gasteiger partial charge in [0.2, 0.25) is 5.91 Å². The number of ether oxygens (including phenoxy) is 1. The third-order valence-corrected chi connectivity index (χ3v) is 9.45. The van der Waals surface area contributed by atoms with E-state index < -0.39 is 41.6 Å². The number of aliphatic hydroxyl groups is 1. The number of aromatic nitrogens is 3. The number of imidazole rings is 1. The van der Waals surface area contributed by atoms with Gasteiger partial charge in [-0.3, -0.25) is 20.0 Å². The van der Waals surface area contributed by atoms with Crippen LogP contribution in [-0.4, -0.2) is 110 Å². The summed E-state index contributed by atoms with van der Waals surface area (Å²) in [4.78, 5) is 69.2. The summed E-state index contributed by atoms with van der Waals surface area (Å²) < 4.78 is 4.76. The zero-order chi connectivity index (χ0) is 38.7. The number of carbonyl (C=O) groups is 4. The molecule has 0 saturated carbocycles. The Morgan fingerprint density at radius 2 is 1.79 bits per heavy atom. The third-order valence-electron chi connectivity index (χ3n) is 9.45. The Balaban J connectivity index is 1.57. The summed E-state index contributed by atoms with van der Waals surface area (Å²) in [6.07, 6.45) is 2.18. The molecule has 15 heteroatoms. The molecule has 53 heavy (non-hydrogen) atoms. The SMILES string of the molecule is CCC(C)C(C(=O)NC(Cc1ccccc1)C(O)CN(Cc1ncc[nH]1)NC(=O)C(NC(=O)OC)C(C)(C)C)N1CCN(Cc2cccc(C)n2)C1=O. The zero-order valence-electron chi connectivity index (χ0n) is 31.8. The summed E-state index contributed by atoms with van der Waals surface area (Å²) in [5, 5.41) is 19.1. The molecule has 1 fully saturated rings. The second kappa shape index (κ2) is 18.6. The van der Waals surface area contributed by atoms with E-state index in [1.165, 1.54) is 12.1 Å². The highest BCUT2D eigenvalue weighted by molar-refractivity contribution is 5.88. The number of benzene rings is 1. The maximum atomic E-state index is 14.3. The predicted molar refractivity (Wildman–Crippen MR) is 199 cm³/mol. The monoisotopic (exact) mass is 733 g/mol. The van der Waals surface area contributed by atoms with Crippen LogP contribution in [0.2, 0.25) is 0 Å². The molecule has 0 radical (unpaired) electrons. The van der Waals surface area contributed by atoms with Crippen LogP contribution in [0.3, 0.4) is 0 Å². The molecule has 1 aromatic carbocycles. The Morgan fingerprint density at radius 1 is 1.06 bits per heavy atom. The van der Waals surface area contributed by atoms with Crippen LogP contribution >= 0.6 is 0 Å². The van der Waals surface area contributed by atoms with E-state index in [9.17, 15) is 24.3 Å². The standard InChI is InChI=1S/C38H55N9O6/c1-8-25(2)32(47-20-19-45(37(47)52)22-28-16-12-13-26(3)41-28)34(49)42-29(21-27-14-10-9-11-15-27)30(48)23-46(24-31-39-17-18-40-31)44-35(50)33(38(4,5)6)43-36(51)53-7/h9-18,25,29-30,32-33,48H,8,19-24H2,1-7H3,(H,39,40)(H,42,49)(H,43,51)(H,44,50). The largest absolute Gasteiger partial charge is 0.453 e. The van der Waals surface area contributed by atoms with E-state index in [1.807, 2.05) is 90.1 Å². The summed E-state index contributed by atoms with van der Waals surface area (Å²) in [6, 6.07) is 12.3. The Labute approximate surface area is 311 Å². The molecule has 3 aromatic rings. The van der Waals surface area contributed by atoms with Crippen LogP contribution in [0, 0.1) is 18.3 Å². The number of amides is 5. The average Bonchev–Trinajstić information content (AvgIpc) is 3.76. The summed E-state index contributed by atoms with van der Waals surface area (Å²) >= 11 is 0. The van der Waals surface area contributed by atoms with Gasteiger partial charge in [-0.05, 0) is 42.4 Å². The summed E-state index contributed by atoms with van der Waals surface area (Å²) in [6.45, 7) is 12.4. The van der Waals surface area contributed by atoms with Crippen molar-refractivity contribution in [2.75, 3.05) is 26.7 Å². The number of urea groups is 1. The highest BCUT2D eigenvalue weighted by atomic mass is 16.5. The van der Waals surface area contributed by atoms with Crippen LogP contribution in [0.4, 0.5) is 9.59 Å². The van der Waals surface area contributed by atoms with Gasteiger partial charge in [0, 0.05) is 37.7 Å². The Bertz CT molecular complexity index is 1650. The molecule has 1 aliphatic heterocycles. The molecular weight excluding hydrogens is 678 g/mol. The van der Waals surface area contributed by atoms with Crippen LogP contribution in [-0.2, 0) is 33.8 Å². The molecule has 0 aliphatic carbocycles. The van der Waals surface area contributed by atoms with Crippen molar-refractivity contribution in [2.24, 2.45) is 11.3 Å². The number of H-pyrrole nitrogens is 1. The van der Waals surface area contributed by atoms with Crippen LogP contribution in [0.5, 0.6) is 0 Å². The van der Waals surface area contributed by atoms with Crippen molar-refractivity contribution in [3.63, 3.8) is 0 Å². The molecule has 3 heterocycles. The first kappa shape index (κ1) is 40.7. The van der Waals surface area contributed by atoms with Crippen molar-refractivity contribution in [3.05, 3.63) is 83.7 Å². The van der Waals surface area contributed by atoms with E-state index in [-0.39, 0.29) is 37.4 Å². The maximum absolute atomic E-state index is 14.3. The molecule has 2 aromatic heterocycles. The first-order chi connectivity index (χ1) is 25.2. The predicted octanol–water partition coefficient (Wildman–Crippen LogP) is 3.16. The van der Waals surface area contributed by atoms with Gasteiger partial charge in [0.05, 0.1) is 38.0 Å². The fraction of sp³-hybridized carbons (Fsp3) is 0.526. The minimum atomic E-state index is -1.20. The molecule has 4 rings (SSSR count). The van der Waals surface area contributed by atoms with Crippen molar-refractivity contribution in [3.8, 4) is 0 Å². The number of rotatable bonds is 17. The fourth-order valence-corrected chi connectivity index (χ4v) is 6.38. The number of methoxy groups -OCH3 is 1. The van der Waals surface area contributed by atoms with Crippen molar-refractivity contribution in [1.82, 2.24) is 45.8 Å². The van der Waals surface area contributed by atoms with Crippen molar-refractivity contribution < 1.29 is 29.0 Å². The summed E-state index contributed by atoms with van der Waals surface area (Å²) in [5.41, 5.74) is 4.67. The lowest BCUT2D eigenvalue weighted by Gasteiger charge is -2.35. The Kier molecular flexibility index (Phi) is 14.3. The number of hydrogen-bond donors (Lipinski definition) is 5. The Morgan fingerprint density at radius 3 is 2.42 bits per heavy atom. The van der Waals surface area contributed by atoms with Gasteiger partial charge in [0.15, 0.2) is 0 Å². The molecule has 0 bridgehead atoms. The number of hydrogen-bond acceptors (Lipinski definition) is 9. The number of nitrogens with zero attached hydrogens (tertiary/aromatic N) is 5. The van der Waals surface area contributed by atoms with Crippen LogP contribution < -0.4 is 16.1 Å². The van der Waals surface area contributed by atoms with E-state index in [4.69, 9.17) is 4.74 Å². The van der Waals surface area contributed by atoms with Gasteiger partial charge >= 0.3 is 12.1 Å². The number of hydrazine groups is 1. The molecule has 15 nitrogen and oxygen atoms in total. The lowest BCUT2D eigenvalue weighted by atomic mass is 9.86. The second-order valence-electron chi connectivity index (χ2n) is 14.7. The fourth-order valence-electron chi connectivity index (χ4n) is 6.38. The quantitative estimate of drug-likeness (QED) is 0.130. The van der Waals surface area contributed by atoms with E-state index in [0.29, 0.717) is 31.9 Å². The molecule has 288 valence electrons. The van der Waals surface area contributed by atoms with Crippen LogP contribution in [0.15, 0.2) is 60.9 Å². The molecule has 5 N–H and O–H groups in total. The topological polar surface area (TPSA) is 185 Å². The first-order valence-corrected chi connectivity index (χ1v) is 18.1. The van der Waals surface area contributed by atoms with Crippen LogP contribution in [0.1, 0.15) is 63.8 Å². The summed E-state index contributed by atoms with van der Waals surface area (Å²) in [7, 11) is 1.22. The van der Waals surface area contributed by atoms with Gasteiger partial charge in [0.25, 0.3) is 5.91 Å².